The van der Waals surface area contributed by atoms with E-state index in [0.29, 0.717) is 11.4 Å². The molecule has 2 rings (SSSR count). The molecule has 1 amide bonds. The molecule has 1 aromatic heterocycles. The van der Waals surface area contributed by atoms with Gasteiger partial charge in [0.05, 0.1) is 17.7 Å². The highest BCUT2D eigenvalue weighted by Crippen LogP contribution is 2.22. The Labute approximate surface area is 107 Å². The molecule has 1 aliphatic carbocycles. The number of hydrogen-bond donors (Lipinski definition) is 2. The average Bonchev–Trinajstić information content (AvgIpc) is 2.85. The van der Waals surface area contributed by atoms with Gasteiger partial charge in [-0.2, -0.15) is 0 Å². The molecule has 5 heteroatoms. The highest BCUT2D eigenvalue weighted by molar-refractivity contribution is 5.98. The first-order valence-electron chi connectivity index (χ1n) is 6.22. The molecular formula is C13H19N3O2. The lowest BCUT2D eigenvalue weighted by molar-refractivity contribution is 0.0722. The Bertz CT molecular complexity index is 422. The number of carbonyl (C=O) groups is 1. The molecule has 1 aromatic rings. The standard InChI is InChI=1S/C13H19N3O2/c1-14-12-9(5-4-8-15-12)13(17)16-10-6-3-7-11(10)18-2/h4-5,8,10-11H,3,6-7H2,1-2H3,(H,14,15)(H,16,17). The molecule has 5 nitrogen and oxygen atoms in total. The zero-order chi connectivity index (χ0) is 13.0. The van der Waals surface area contributed by atoms with Crippen molar-refractivity contribution in [2.75, 3.05) is 19.5 Å². The van der Waals surface area contributed by atoms with Gasteiger partial charge in [0.1, 0.15) is 5.82 Å². The van der Waals surface area contributed by atoms with E-state index in [9.17, 15) is 4.79 Å². The quantitative estimate of drug-likeness (QED) is 0.847. The van der Waals surface area contributed by atoms with Crippen molar-refractivity contribution in [2.24, 2.45) is 0 Å². The van der Waals surface area contributed by atoms with Crippen molar-refractivity contribution in [3.63, 3.8) is 0 Å². The Kier molecular flexibility index (Phi) is 4.15. The van der Waals surface area contributed by atoms with Gasteiger partial charge in [-0.05, 0) is 31.4 Å². The average molecular weight is 249 g/mol. The second kappa shape index (κ2) is 5.82. The van der Waals surface area contributed by atoms with Gasteiger partial charge in [-0.1, -0.05) is 0 Å². The van der Waals surface area contributed by atoms with E-state index in [-0.39, 0.29) is 18.1 Å². The number of aromatic nitrogens is 1. The maximum Gasteiger partial charge on any atom is 0.255 e. The van der Waals surface area contributed by atoms with Crippen LogP contribution >= 0.6 is 0 Å². The Morgan fingerprint density at radius 2 is 2.33 bits per heavy atom. The number of ether oxygens (including phenoxy) is 1. The topological polar surface area (TPSA) is 63.2 Å². The molecule has 2 N–H and O–H groups in total. The monoisotopic (exact) mass is 249 g/mol. The summed E-state index contributed by atoms with van der Waals surface area (Å²) in [6.07, 6.45) is 4.86. The fraction of sp³-hybridized carbons (Fsp3) is 0.538. The molecule has 0 bridgehead atoms. The first-order chi connectivity index (χ1) is 8.76. The summed E-state index contributed by atoms with van der Waals surface area (Å²) in [5.41, 5.74) is 0.571. The second-order valence-corrected chi connectivity index (χ2v) is 4.43. The molecule has 1 saturated carbocycles. The molecule has 0 aromatic carbocycles. The van der Waals surface area contributed by atoms with Crippen LogP contribution in [0.15, 0.2) is 18.3 Å². The van der Waals surface area contributed by atoms with Gasteiger partial charge < -0.3 is 15.4 Å². The molecular weight excluding hydrogens is 230 g/mol. The number of nitrogens with one attached hydrogen (secondary N) is 2. The number of pyridine rings is 1. The van der Waals surface area contributed by atoms with E-state index in [2.05, 4.69) is 15.6 Å². The highest BCUT2D eigenvalue weighted by Gasteiger charge is 2.29. The second-order valence-electron chi connectivity index (χ2n) is 4.43. The van der Waals surface area contributed by atoms with E-state index in [0.717, 1.165) is 19.3 Å². The summed E-state index contributed by atoms with van der Waals surface area (Å²) in [4.78, 5) is 16.3. The van der Waals surface area contributed by atoms with Crippen LogP contribution in [0.2, 0.25) is 0 Å². The van der Waals surface area contributed by atoms with Crippen molar-refractivity contribution >= 4 is 11.7 Å². The number of nitrogens with zero attached hydrogens (tertiary/aromatic N) is 1. The van der Waals surface area contributed by atoms with Crippen LogP contribution in [0.1, 0.15) is 29.6 Å². The first-order valence-corrected chi connectivity index (χ1v) is 6.22. The summed E-state index contributed by atoms with van der Waals surface area (Å²) in [5.74, 6) is 0.503. The van der Waals surface area contributed by atoms with Gasteiger partial charge in [0.25, 0.3) is 5.91 Å². The molecule has 2 atom stereocenters. The van der Waals surface area contributed by atoms with Crippen molar-refractivity contribution in [3.05, 3.63) is 23.9 Å². The minimum Gasteiger partial charge on any atom is -0.379 e. The number of anilines is 1. The number of methoxy groups -OCH3 is 1. The van der Waals surface area contributed by atoms with Gasteiger partial charge >= 0.3 is 0 Å². The van der Waals surface area contributed by atoms with Crippen LogP contribution in [0.3, 0.4) is 0 Å². The van der Waals surface area contributed by atoms with E-state index >= 15 is 0 Å². The van der Waals surface area contributed by atoms with Crippen molar-refractivity contribution in [1.29, 1.82) is 0 Å². The molecule has 1 aliphatic rings. The maximum atomic E-state index is 12.2. The summed E-state index contributed by atoms with van der Waals surface area (Å²) in [6, 6.07) is 3.63. The van der Waals surface area contributed by atoms with Crippen molar-refractivity contribution in [3.8, 4) is 0 Å². The van der Waals surface area contributed by atoms with Crippen LogP contribution in [-0.4, -0.2) is 37.2 Å². The van der Waals surface area contributed by atoms with Gasteiger partial charge in [-0.3, -0.25) is 4.79 Å². The van der Waals surface area contributed by atoms with Crippen LogP contribution < -0.4 is 10.6 Å². The fourth-order valence-corrected chi connectivity index (χ4v) is 2.41. The Morgan fingerprint density at radius 3 is 3.06 bits per heavy atom. The lowest BCUT2D eigenvalue weighted by Gasteiger charge is -2.20. The smallest absolute Gasteiger partial charge is 0.255 e. The molecule has 0 aliphatic heterocycles. The molecule has 1 fully saturated rings. The summed E-state index contributed by atoms with van der Waals surface area (Å²) in [6.45, 7) is 0. The maximum absolute atomic E-state index is 12.2. The first kappa shape index (κ1) is 12.8. The van der Waals surface area contributed by atoms with Crippen LogP contribution in [0.4, 0.5) is 5.82 Å². The molecule has 0 spiro atoms. The molecule has 2 unspecified atom stereocenters. The van der Waals surface area contributed by atoms with Crippen LogP contribution in [0.5, 0.6) is 0 Å². The fourth-order valence-electron chi connectivity index (χ4n) is 2.41. The van der Waals surface area contributed by atoms with Gasteiger partial charge in [0.15, 0.2) is 0 Å². The van der Waals surface area contributed by atoms with Crippen LogP contribution in [-0.2, 0) is 4.74 Å². The largest absolute Gasteiger partial charge is 0.379 e. The Balaban J connectivity index is 2.07. The van der Waals surface area contributed by atoms with E-state index in [4.69, 9.17) is 4.74 Å². The molecule has 0 radical (unpaired) electrons. The normalized spacial score (nSPS) is 22.8. The lowest BCUT2D eigenvalue weighted by Crippen LogP contribution is -2.40. The van der Waals surface area contributed by atoms with Crippen LogP contribution in [0, 0.1) is 0 Å². The lowest BCUT2D eigenvalue weighted by atomic mass is 10.1. The number of carbonyl (C=O) groups excluding carboxylic acids is 1. The van der Waals surface area contributed by atoms with Crippen molar-refractivity contribution in [2.45, 2.75) is 31.4 Å². The van der Waals surface area contributed by atoms with Crippen molar-refractivity contribution in [1.82, 2.24) is 10.3 Å². The molecule has 1 heterocycles. The third-order valence-corrected chi connectivity index (χ3v) is 3.36. The summed E-state index contributed by atoms with van der Waals surface area (Å²) < 4.78 is 5.37. The predicted molar refractivity (Wildman–Crippen MR) is 69.7 cm³/mol. The highest BCUT2D eigenvalue weighted by atomic mass is 16.5. The van der Waals surface area contributed by atoms with E-state index in [1.807, 2.05) is 0 Å². The summed E-state index contributed by atoms with van der Waals surface area (Å²) in [7, 11) is 3.45. The minimum absolute atomic E-state index is 0.0959. The van der Waals surface area contributed by atoms with E-state index < -0.39 is 0 Å². The molecule has 0 saturated heterocycles. The minimum atomic E-state index is -0.0959. The SMILES string of the molecule is CNc1ncccc1C(=O)NC1CCCC1OC. The van der Waals surface area contributed by atoms with E-state index in [1.165, 1.54) is 0 Å². The molecule has 98 valence electrons. The predicted octanol–water partition coefficient (Wildman–Crippen LogP) is 1.42. The van der Waals surface area contributed by atoms with Gasteiger partial charge in [0.2, 0.25) is 0 Å². The third kappa shape index (κ3) is 2.61. The summed E-state index contributed by atoms with van der Waals surface area (Å²) in [5, 5.41) is 5.95. The zero-order valence-corrected chi connectivity index (χ0v) is 10.8. The number of amides is 1. The third-order valence-electron chi connectivity index (χ3n) is 3.36. The summed E-state index contributed by atoms with van der Waals surface area (Å²) >= 11 is 0. The van der Waals surface area contributed by atoms with E-state index in [1.54, 1.807) is 32.5 Å². The van der Waals surface area contributed by atoms with Crippen LogP contribution in [0.25, 0.3) is 0 Å². The van der Waals surface area contributed by atoms with Gasteiger partial charge in [-0.15, -0.1) is 0 Å². The Morgan fingerprint density at radius 1 is 1.50 bits per heavy atom. The van der Waals surface area contributed by atoms with Crippen molar-refractivity contribution < 1.29 is 9.53 Å². The van der Waals surface area contributed by atoms with Gasteiger partial charge in [-0.25, -0.2) is 4.98 Å². The van der Waals surface area contributed by atoms with Gasteiger partial charge in [0, 0.05) is 20.4 Å². The molecule has 18 heavy (non-hydrogen) atoms. The number of rotatable bonds is 4. The number of hydrogen-bond acceptors (Lipinski definition) is 4. The zero-order valence-electron chi connectivity index (χ0n) is 10.8. The Hall–Kier alpha value is -1.62.